The number of benzene rings is 1. The molecule has 0 unspecified atom stereocenters. The van der Waals surface area contributed by atoms with Gasteiger partial charge in [0.2, 0.25) is 5.95 Å². The van der Waals surface area contributed by atoms with E-state index in [0.717, 1.165) is 24.3 Å². The summed E-state index contributed by atoms with van der Waals surface area (Å²) in [6, 6.07) is 9.87. The predicted molar refractivity (Wildman–Crippen MR) is 96.7 cm³/mol. The van der Waals surface area contributed by atoms with Crippen LogP contribution in [0.15, 0.2) is 41.0 Å². The van der Waals surface area contributed by atoms with E-state index in [4.69, 9.17) is 14.9 Å². The molecule has 128 valence electrons. The second-order valence-corrected chi connectivity index (χ2v) is 5.78. The van der Waals surface area contributed by atoms with Crippen LogP contribution in [0.25, 0.3) is 11.5 Å². The molecule has 25 heavy (non-hydrogen) atoms. The molecule has 3 aromatic rings. The van der Waals surface area contributed by atoms with Gasteiger partial charge in [0.15, 0.2) is 11.6 Å². The van der Waals surface area contributed by atoms with Crippen LogP contribution in [0.3, 0.4) is 0 Å². The van der Waals surface area contributed by atoms with Crippen molar-refractivity contribution in [1.29, 1.82) is 0 Å². The molecule has 0 spiro atoms. The normalized spacial score (nSPS) is 12.5. The van der Waals surface area contributed by atoms with Crippen LogP contribution >= 0.6 is 0 Å². The van der Waals surface area contributed by atoms with Crippen LogP contribution in [0.1, 0.15) is 11.1 Å². The number of nitrogens with zero attached hydrogens (tertiary/aromatic N) is 2. The van der Waals surface area contributed by atoms with Crippen LogP contribution in [0.4, 0.5) is 17.5 Å². The average molecular weight is 337 g/mol. The van der Waals surface area contributed by atoms with E-state index in [1.54, 1.807) is 19.4 Å². The summed E-state index contributed by atoms with van der Waals surface area (Å²) in [5.74, 6) is 2.60. The SMILES string of the molecule is CNc1nc(NCc2ccc3c(c2)OCC3)c(N)c(-c2ccco2)n1. The fraction of sp³-hybridized carbons (Fsp3) is 0.222. The molecule has 1 aromatic carbocycles. The third-order valence-electron chi connectivity index (χ3n) is 4.14. The van der Waals surface area contributed by atoms with Gasteiger partial charge in [-0.15, -0.1) is 0 Å². The molecule has 0 saturated carbocycles. The number of ether oxygens (including phenoxy) is 1. The summed E-state index contributed by atoms with van der Waals surface area (Å²) in [5.41, 5.74) is 9.62. The highest BCUT2D eigenvalue weighted by Crippen LogP contribution is 2.31. The third-order valence-corrected chi connectivity index (χ3v) is 4.14. The molecule has 0 aliphatic carbocycles. The number of aromatic nitrogens is 2. The van der Waals surface area contributed by atoms with Crippen LogP contribution < -0.4 is 21.1 Å². The van der Waals surface area contributed by atoms with Crippen LogP contribution in [0.5, 0.6) is 5.75 Å². The van der Waals surface area contributed by atoms with Crippen molar-refractivity contribution in [3.63, 3.8) is 0 Å². The smallest absolute Gasteiger partial charge is 0.225 e. The van der Waals surface area contributed by atoms with Crippen molar-refractivity contribution in [2.24, 2.45) is 0 Å². The van der Waals surface area contributed by atoms with Gasteiger partial charge < -0.3 is 25.5 Å². The minimum Gasteiger partial charge on any atom is -0.493 e. The molecule has 3 heterocycles. The molecular weight excluding hydrogens is 318 g/mol. The van der Waals surface area contributed by atoms with Gasteiger partial charge in [-0.05, 0) is 29.3 Å². The van der Waals surface area contributed by atoms with Crippen molar-refractivity contribution in [3.05, 3.63) is 47.7 Å². The fourth-order valence-corrected chi connectivity index (χ4v) is 2.82. The topological polar surface area (TPSA) is 98.2 Å². The molecule has 0 saturated heterocycles. The molecule has 0 fully saturated rings. The highest BCUT2D eigenvalue weighted by atomic mass is 16.5. The first kappa shape index (κ1) is 15.3. The second kappa shape index (κ2) is 6.35. The van der Waals surface area contributed by atoms with E-state index in [1.807, 2.05) is 6.07 Å². The van der Waals surface area contributed by atoms with Crippen LogP contribution in [0, 0.1) is 0 Å². The van der Waals surface area contributed by atoms with Crippen LogP contribution in [-0.2, 0) is 13.0 Å². The lowest BCUT2D eigenvalue weighted by Crippen LogP contribution is -2.09. The summed E-state index contributed by atoms with van der Waals surface area (Å²) >= 11 is 0. The number of nitrogen functional groups attached to an aromatic ring is 1. The quantitative estimate of drug-likeness (QED) is 0.658. The summed E-state index contributed by atoms with van der Waals surface area (Å²) in [6.45, 7) is 1.34. The van der Waals surface area contributed by atoms with Gasteiger partial charge in [0.05, 0.1) is 12.9 Å². The van der Waals surface area contributed by atoms with Crippen molar-refractivity contribution < 1.29 is 9.15 Å². The van der Waals surface area contributed by atoms with E-state index in [9.17, 15) is 0 Å². The van der Waals surface area contributed by atoms with Crippen molar-refractivity contribution >= 4 is 17.5 Å². The summed E-state index contributed by atoms with van der Waals surface area (Å²) in [4.78, 5) is 8.81. The van der Waals surface area contributed by atoms with Gasteiger partial charge in [-0.1, -0.05) is 12.1 Å². The van der Waals surface area contributed by atoms with E-state index in [1.165, 1.54) is 5.56 Å². The Hall–Kier alpha value is -3.22. The number of anilines is 3. The molecule has 4 rings (SSSR count). The molecule has 7 heteroatoms. The first-order chi connectivity index (χ1) is 12.2. The van der Waals surface area contributed by atoms with Gasteiger partial charge >= 0.3 is 0 Å². The fourth-order valence-electron chi connectivity index (χ4n) is 2.82. The highest BCUT2D eigenvalue weighted by Gasteiger charge is 2.16. The Balaban J connectivity index is 1.60. The maximum absolute atomic E-state index is 6.25. The molecule has 4 N–H and O–H groups in total. The van der Waals surface area contributed by atoms with Gasteiger partial charge in [0.25, 0.3) is 0 Å². The Morgan fingerprint density at radius 2 is 2.16 bits per heavy atom. The van der Waals surface area contributed by atoms with E-state index in [-0.39, 0.29) is 0 Å². The molecule has 2 aromatic heterocycles. The van der Waals surface area contributed by atoms with Crippen molar-refractivity contribution in [3.8, 4) is 17.2 Å². The lowest BCUT2D eigenvalue weighted by atomic mass is 10.1. The number of nitrogens with one attached hydrogen (secondary N) is 2. The number of rotatable bonds is 5. The Kier molecular flexibility index (Phi) is 3.89. The minimum absolute atomic E-state index is 0.450. The van der Waals surface area contributed by atoms with E-state index >= 15 is 0 Å². The predicted octanol–water partition coefficient (Wildman–Crippen LogP) is 2.91. The summed E-state index contributed by atoms with van der Waals surface area (Å²) in [5, 5.41) is 6.23. The lowest BCUT2D eigenvalue weighted by molar-refractivity contribution is 0.356. The van der Waals surface area contributed by atoms with E-state index in [2.05, 4.69) is 38.8 Å². The zero-order valence-corrected chi connectivity index (χ0v) is 13.9. The third kappa shape index (κ3) is 2.96. The summed E-state index contributed by atoms with van der Waals surface area (Å²) < 4.78 is 11.0. The number of hydrogen-bond acceptors (Lipinski definition) is 7. The number of furan rings is 1. The molecule has 1 aliphatic rings. The maximum atomic E-state index is 6.25. The molecule has 7 nitrogen and oxygen atoms in total. The lowest BCUT2D eigenvalue weighted by Gasteiger charge is -2.13. The summed E-state index contributed by atoms with van der Waals surface area (Å²) in [6.07, 6.45) is 2.56. The van der Waals surface area contributed by atoms with Gasteiger partial charge in [0, 0.05) is 20.0 Å². The van der Waals surface area contributed by atoms with Crippen LogP contribution in [0.2, 0.25) is 0 Å². The van der Waals surface area contributed by atoms with E-state index in [0.29, 0.717) is 35.5 Å². The zero-order valence-electron chi connectivity index (χ0n) is 13.9. The second-order valence-electron chi connectivity index (χ2n) is 5.78. The largest absolute Gasteiger partial charge is 0.493 e. The number of hydrogen-bond donors (Lipinski definition) is 3. The van der Waals surface area contributed by atoms with Crippen molar-refractivity contribution in [2.45, 2.75) is 13.0 Å². The zero-order chi connectivity index (χ0) is 17.2. The molecule has 0 radical (unpaired) electrons. The standard InChI is InChI=1S/C18H19N5O2/c1-20-18-22-16(13-3-2-7-24-13)15(19)17(23-18)21-10-11-4-5-12-6-8-25-14(12)9-11/h2-5,7,9H,6,8,10,19H2,1H3,(H2,20,21,22,23). The summed E-state index contributed by atoms with van der Waals surface area (Å²) in [7, 11) is 1.76. The maximum Gasteiger partial charge on any atom is 0.225 e. The molecule has 0 atom stereocenters. The molecule has 0 amide bonds. The van der Waals surface area contributed by atoms with Gasteiger partial charge in [-0.2, -0.15) is 4.98 Å². The monoisotopic (exact) mass is 337 g/mol. The molecular formula is C18H19N5O2. The van der Waals surface area contributed by atoms with Gasteiger partial charge in [0.1, 0.15) is 17.1 Å². The number of fused-ring (bicyclic) bond motifs is 1. The minimum atomic E-state index is 0.450. The van der Waals surface area contributed by atoms with Gasteiger partial charge in [-0.3, -0.25) is 0 Å². The Morgan fingerprint density at radius 1 is 1.24 bits per heavy atom. The Labute approximate surface area is 145 Å². The highest BCUT2D eigenvalue weighted by molar-refractivity contribution is 5.79. The first-order valence-electron chi connectivity index (χ1n) is 8.12. The Morgan fingerprint density at radius 3 is 2.96 bits per heavy atom. The average Bonchev–Trinajstić information content (AvgIpc) is 3.32. The van der Waals surface area contributed by atoms with Crippen molar-refractivity contribution in [2.75, 3.05) is 30.0 Å². The van der Waals surface area contributed by atoms with Gasteiger partial charge in [-0.25, -0.2) is 4.98 Å². The van der Waals surface area contributed by atoms with Crippen molar-refractivity contribution in [1.82, 2.24) is 9.97 Å². The first-order valence-corrected chi connectivity index (χ1v) is 8.12. The molecule has 1 aliphatic heterocycles. The Bertz CT molecular complexity index is 893. The van der Waals surface area contributed by atoms with Crippen LogP contribution in [-0.4, -0.2) is 23.6 Å². The van der Waals surface area contributed by atoms with E-state index < -0.39 is 0 Å². The number of nitrogens with two attached hydrogens (primary N) is 1. The molecule has 0 bridgehead atoms.